The van der Waals surface area contributed by atoms with Gasteiger partial charge >= 0.3 is 0 Å². The lowest BCUT2D eigenvalue weighted by atomic mass is 10.1. The summed E-state index contributed by atoms with van der Waals surface area (Å²) < 4.78 is 5.15. The molecule has 0 amide bonds. The van der Waals surface area contributed by atoms with Crippen LogP contribution in [0.2, 0.25) is 0 Å². The van der Waals surface area contributed by atoms with Crippen molar-refractivity contribution in [2.24, 2.45) is 5.16 Å². The molecule has 7 nitrogen and oxygen atoms in total. The number of hydrogen-bond acceptors (Lipinski definition) is 7. The molecule has 0 saturated heterocycles. The van der Waals surface area contributed by atoms with E-state index in [-0.39, 0.29) is 5.75 Å². The first-order chi connectivity index (χ1) is 15.1. The summed E-state index contributed by atoms with van der Waals surface area (Å²) in [4.78, 5) is 14.0. The molecule has 0 aliphatic heterocycles. The zero-order valence-corrected chi connectivity index (χ0v) is 17.2. The van der Waals surface area contributed by atoms with Crippen LogP contribution in [0.5, 0.6) is 11.5 Å². The molecule has 156 valence electrons. The Morgan fingerprint density at radius 2 is 1.81 bits per heavy atom. The molecule has 0 aliphatic rings. The first-order valence-corrected chi connectivity index (χ1v) is 9.73. The zero-order chi connectivity index (χ0) is 21.6. The topological polar surface area (TPSA) is 88.9 Å². The van der Waals surface area contributed by atoms with Crippen LogP contribution in [0.15, 0.2) is 78.2 Å². The van der Waals surface area contributed by atoms with E-state index < -0.39 is 0 Å². The fraction of sp³-hybridized carbons (Fsp3) is 0.125. The quantitative estimate of drug-likeness (QED) is 0.326. The van der Waals surface area contributed by atoms with Crippen LogP contribution >= 0.6 is 0 Å². The Morgan fingerprint density at radius 3 is 2.55 bits per heavy atom. The standard InChI is InChI=1S/C24H22N4O3/c1-16(28-31-14-17-6-4-3-5-7-17)18-8-10-19(11-9-18)27-24-20-12-22(29)23(30-2)13-21(20)25-15-26-24/h3-13,15,29H,14H2,1-2H3,(H,25,26,27). The first-order valence-electron chi connectivity index (χ1n) is 9.73. The molecule has 31 heavy (non-hydrogen) atoms. The summed E-state index contributed by atoms with van der Waals surface area (Å²) in [6, 6.07) is 21.0. The number of nitrogens with one attached hydrogen (secondary N) is 1. The van der Waals surface area contributed by atoms with Crippen LogP contribution in [-0.2, 0) is 11.4 Å². The highest BCUT2D eigenvalue weighted by atomic mass is 16.6. The summed E-state index contributed by atoms with van der Waals surface area (Å²) in [6.45, 7) is 2.33. The zero-order valence-electron chi connectivity index (χ0n) is 17.2. The van der Waals surface area contributed by atoms with Gasteiger partial charge in [0.15, 0.2) is 11.5 Å². The number of nitrogens with zero attached hydrogens (tertiary/aromatic N) is 3. The lowest BCUT2D eigenvalue weighted by molar-refractivity contribution is 0.130. The Hall–Kier alpha value is -4.13. The highest BCUT2D eigenvalue weighted by Gasteiger charge is 2.10. The molecule has 0 atom stereocenters. The summed E-state index contributed by atoms with van der Waals surface area (Å²) in [5.74, 6) is 0.989. The average molecular weight is 414 g/mol. The molecule has 1 heterocycles. The number of ether oxygens (including phenoxy) is 1. The minimum atomic E-state index is 0.0329. The van der Waals surface area contributed by atoms with Gasteiger partial charge in [0.1, 0.15) is 18.8 Å². The molecule has 4 aromatic rings. The van der Waals surface area contributed by atoms with Crippen LogP contribution in [0.4, 0.5) is 11.5 Å². The number of fused-ring (bicyclic) bond motifs is 1. The van der Waals surface area contributed by atoms with E-state index in [0.29, 0.717) is 29.1 Å². The van der Waals surface area contributed by atoms with Crippen molar-refractivity contribution >= 4 is 28.1 Å². The number of aromatic hydroxyl groups is 1. The average Bonchev–Trinajstić information content (AvgIpc) is 2.80. The van der Waals surface area contributed by atoms with Crippen LogP contribution in [0.3, 0.4) is 0 Å². The van der Waals surface area contributed by atoms with Gasteiger partial charge in [0, 0.05) is 17.1 Å². The molecule has 0 bridgehead atoms. The van der Waals surface area contributed by atoms with Crippen molar-refractivity contribution in [3.63, 3.8) is 0 Å². The van der Waals surface area contributed by atoms with E-state index in [9.17, 15) is 5.11 Å². The number of phenolic OH excluding ortho intramolecular Hbond substituents is 1. The maximum absolute atomic E-state index is 10.1. The van der Waals surface area contributed by atoms with Crippen molar-refractivity contribution < 1.29 is 14.7 Å². The third-order valence-corrected chi connectivity index (χ3v) is 4.78. The Morgan fingerprint density at radius 1 is 1.03 bits per heavy atom. The molecule has 7 heteroatoms. The maximum atomic E-state index is 10.1. The summed E-state index contributed by atoms with van der Waals surface area (Å²) in [5.41, 5.74) is 4.32. The molecular formula is C24H22N4O3. The van der Waals surface area contributed by atoms with Gasteiger partial charge in [0.25, 0.3) is 0 Å². The third-order valence-electron chi connectivity index (χ3n) is 4.78. The molecule has 0 radical (unpaired) electrons. The van der Waals surface area contributed by atoms with E-state index in [1.165, 1.54) is 13.4 Å². The van der Waals surface area contributed by atoms with Crippen molar-refractivity contribution in [2.75, 3.05) is 12.4 Å². The van der Waals surface area contributed by atoms with E-state index in [1.807, 2.05) is 61.5 Å². The predicted octanol–water partition coefficient (Wildman–Crippen LogP) is 5.03. The van der Waals surface area contributed by atoms with E-state index in [2.05, 4.69) is 20.4 Å². The number of phenols is 1. The number of methoxy groups -OCH3 is 1. The first kappa shape index (κ1) is 20.2. The number of aromatic nitrogens is 2. The van der Waals surface area contributed by atoms with E-state index >= 15 is 0 Å². The van der Waals surface area contributed by atoms with Gasteiger partial charge in [0.2, 0.25) is 0 Å². The monoisotopic (exact) mass is 414 g/mol. The molecule has 0 fully saturated rings. The highest BCUT2D eigenvalue weighted by molar-refractivity contribution is 5.99. The summed E-state index contributed by atoms with van der Waals surface area (Å²) >= 11 is 0. The van der Waals surface area contributed by atoms with Gasteiger partial charge in [-0.1, -0.05) is 47.6 Å². The number of anilines is 2. The van der Waals surface area contributed by atoms with Gasteiger partial charge in [-0.3, -0.25) is 0 Å². The van der Waals surface area contributed by atoms with Crippen LogP contribution in [0, 0.1) is 0 Å². The van der Waals surface area contributed by atoms with E-state index in [4.69, 9.17) is 9.57 Å². The van der Waals surface area contributed by atoms with Crippen molar-refractivity contribution in [3.8, 4) is 11.5 Å². The van der Waals surface area contributed by atoms with E-state index in [1.54, 1.807) is 12.1 Å². The Balaban J connectivity index is 1.47. The van der Waals surface area contributed by atoms with Crippen molar-refractivity contribution in [1.82, 2.24) is 9.97 Å². The van der Waals surface area contributed by atoms with Gasteiger partial charge < -0.3 is 20.0 Å². The SMILES string of the molecule is COc1cc2ncnc(Nc3ccc(C(C)=NOCc4ccccc4)cc3)c2cc1O. The molecular weight excluding hydrogens is 392 g/mol. The maximum Gasteiger partial charge on any atom is 0.162 e. The van der Waals surface area contributed by atoms with Crippen molar-refractivity contribution in [2.45, 2.75) is 13.5 Å². The second-order valence-electron chi connectivity index (χ2n) is 6.90. The molecule has 0 aliphatic carbocycles. The van der Waals surface area contributed by atoms with Crippen molar-refractivity contribution in [3.05, 3.63) is 84.2 Å². The van der Waals surface area contributed by atoms with Gasteiger partial charge in [-0.25, -0.2) is 9.97 Å². The minimum absolute atomic E-state index is 0.0329. The van der Waals surface area contributed by atoms with Crippen LogP contribution in [-0.4, -0.2) is 27.9 Å². The fourth-order valence-corrected chi connectivity index (χ4v) is 3.10. The largest absolute Gasteiger partial charge is 0.504 e. The van der Waals surface area contributed by atoms with Crippen LogP contribution < -0.4 is 10.1 Å². The lowest BCUT2D eigenvalue weighted by Crippen LogP contribution is -1.99. The normalized spacial score (nSPS) is 11.4. The lowest BCUT2D eigenvalue weighted by Gasteiger charge is -2.11. The van der Waals surface area contributed by atoms with Crippen LogP contribution in [0.25, 0.3) is 10.9 Å². The number of oxime groups is 1. The number of benzene rings is 3. The fourth-order valence-electron chi connectivity index (χ4n) is 3.10. The molecule has 0 saturated carbocycles. The molecule has 3 aromatic carbocycles. The molecule has 4 rings (SSSR count). The second-order valence-corrected chi connectivity index (χ2v) is 6.90. The molecule has 1 aromatic heterocycles. The molecule has 2 N–H and O–H groups in total. The summed E-state index contributed by atoms with van der Waals surface area (Å²) in [7, 11) is 1.50. The van der Waals surface area contributed by atoms with E-state index in [0.717, 1.165) is 22.5 Å². The summed E-state index contributed by atoms with van der Waals surface area (Å²) in [6.07, 6.45) is 1.47. The van der Waals surface area contributed by atoms with Gasteiger partial charge in [-0.05, 0) is 36.2 Å². The highest BCUT2D eigenvalue weighted by Crippen LogP contribution is 2.33. The predicted molar refractivity (Wildman–Crippen MR) is 121 cm³/mol. The van der Waals surface area contributed by atoms with Gasteiger partial charge in [-0.15, -0.1) is 0 Å². The number of rotatable bonds is 7. The van der Waals surface area contributed by atoms with Gasteiger partial charge in [-0.2, -0.15) is 0 Å². The Labute approximate surface area is 180 Å². The van der Waals surface area contributed by atoms with Gasteiger partial charge in [0.05, 0.1) is 18.3 Å². The Bertz CT molecular complexity index is 1210. The smallest absolute Gasteiger partial charge is 0.162 e. The second kappa shape index (κ2) is 9.13. The molecule has 0 spiro atoms. The number of hydrogen-bond donors (Lipinski definition) is 2. The minimum Gasteiger partial charge on any atom is -0.504 e. The Kier molecular flexibility index (Phi) is 5.93. The summed E-state index contributed by atoms with van der Waals surface area (Å²) in [5, 5.41) is 18.3. The molecule has 0 unspecified atom stereocenters. The van der Waals surface area contributed by atoms with Crippen molar-refractivity contribution in [1.29, 1.82) is 0 Å². The third kappa shape index (κ3) is 4.72. The van der Waals surface area contributed by atoms with Crippen LogP contribution in [0.1, 0.15) is 18.1 Å².